The molecular weight excluding hydrogens is 316 g/mol. The van der Waals surface area contributed by atoms with Crippen LogP contribution < -0.4 is 0 Å². The standard InChI is InChI=1S/C15H14F4N2O2/c1-8-12(9(2)21(3)20-8)13(15(17,18)19)23-14(22)10-5-4-6-11(16)7-10/h4-7,13H,1-3H3/t13-/m1/s1. The minimum Gasteiger partial charge on any atom is -0.444 e. The molecule has 2 rings (SSSR count). The molecule has 0 saturated heterocycles. The van der Waals surface area contributed by atoms with Crippen molar-refractivity contribution in [1.82, 2.24) is 9.78 Å². The van der Waals surface area contributed by atoms with Crippen molar-refractivity contribution in [1.29, 1.82) is 0 Å². The van der Waals surface area contributed by atoms with Crippen molar-refractivity contribution in [2.24, 2.45) is 7.05 Å². The second-order valence-corrected chi connectivity index (χ2v) is 5.05. The van der Waals surface area contributed by atoms with Gasteiger partial charge in [-0.2, -0.15) is 18.3 Å². The van der Waals surface area contributed by atoms with Crippen molar-refractivity contribution in [2.75, 3.05) is 0 Å². The van der Waals surface area contributed by atoms with Gasteiger partial charge in [-0.1, -0.05) is 6.07 Å². The average molecular weight is 330 g/mol. The van der Waals surface area contributed by atoms with Gasteiger partial charge in [0.2, 0.25) is 6.10 Å². The van der Waals surface area contributed by atoms with Crippen molar-refractivity contribution in [3.05, 3.63) is 52.6 Å². The first-order valence-corrected chi connectivity index (χ1v) is 6.64. The Kier molecular flexibility index (Phi) is 4.44. The van der Waals surface area contributed by atoms with E-state index in [1.165, 1.54) is 37.7 Å². The molecule has 0 aliphatic carbocycles. The fourth-order valence-electron chi connectivity index (χ4n) is 2.25. The second kappa shape index (κ2) is 6.02. The highest BCUT2D eigenvalue weighted by Crippen LogP contribution is 2.39. The lowest BCUT2D eigenvalue weighted by Gasteiger charge is -2.21. The van der Waals surface area contributed by atoms with Gasteiger partial charge in [-0.15, -0.1) is 0 Å². The molecule has 4 nitrogen and oxygen atoms in total. The smallest absolute Gasteiger partial charge is 0.430 e. The molecule has 0 N–H and O–H groups in total. The number of alkyl halides is 3. The molecule has 1 aromatic heterocycles. The Bertz CT molecular complexity index is 738. The molecule has 2 aromatic rings. The summed E-state index contributed by atoms with van der Waals surface area (Å²) in [6.07, 6.45) is -7.28. The van der Waals surface area contributed by atoms with Crippen LogP contribution in [0.3, 0.4) is 0 Å². The van der Waals surface area contributed by atoms with Crippen LogP contribution in [0.15, 0.2) is 24.3 Å². The highest BCUT2D eigenvalue weighted by Gasteiger charge is 2.46. The first-order valence-electron chi connectivity index (χ1n) is 6.64. The molecule has 0 radical (unpaired) electrons. The molecular formula is C15H14F4N2O2. The number of carbonyl (C=O) groups excluding carboxylic acids is 1. The van der Waals surface area contributed by atoms with E-state index in [0.717, 1.165) is 12.1 Å². The second-order valence-electron chi connectivity index (χ2n) is 5.05. The molecule has 23 heavy (non-hydrogen) atoms. The van der Waals surface area contributed by atoms with Crippen LogP contribution in [0.5, 0.6) is 0 Å². The molecule has 0 spiro atoms. The molecule has 124 valence electrons. The van der Waals surface area contributed by atoms with Crippen molar-refractivity contribution < 1.29 is 27.1 Å². The maximum atomic E-state index is 13.3. The van der Waals surface area contributed by atoms with Crippen LogP contribution in [0.2, 0.25) is 0 Å². The van der Waals surface area contributed by atoms with Gasteiger partial charge >= 0.3 is 12.1 Å². The first kappa shape index (κ1) is 17.0. The number of halogens is 4. The Morgan fingerprint density at radius 2 is 1.96 bits per heavy atom. The largest absolute Gasteiger partial charge is 0.444 e. The average Bonchev–Trinajstić information content (AvgIpc) is 2.68. The zero-order chi connectivity index (χ0) is 17.4. The van der Waals surface area contributed by atoms with Crippen LogP contribution in [0, 0.1) is 19.7 Å². The minimum atomic E-state index is -4.82. The van der Waals surface area contributed by atoms with Gasteiger partial charge in [0, 0.05) is 18.3 Å². The van der Waals surface area contributed by atoms with E-state index in [1.807, 2.05) is 0 Å². The summed E-state index contributed by atoms with van der Waals surface area (Å²) in [6, 6.07) is 4.29. The lowest BCUT2D eigenvalue weighted by Crippen LogP contribution is -2.27. The Hall–Kier alpha value is -2.38. The maximum absolute atomic E-state index is 13.3. The Morgan fingerprint density at radius 1 is 1.30 bits per heavy atom. The van der Waals surface area contributed by atoms with Crippen molar-refractivity contribution in [3.63, 3.8) is 0 Å². The number of aryl methyl sites for hydroxylation is 2. The summed E-state index contributed by atoms with van der Waals surface area (Å²) >= 11 is 0. The van der Waals surface area contributed by atoms with E-state index >= 15 is 0 Å². The van der Waals surface area contributed by atoms with E-state index in [-0.39, 0.29) is 22.5 Å². The van der Waals surface area contributed by atoms with E-state index < -0.39 is 24.1 Å². The molecule has 1 atom stereocenters. The molecule has 0 amide bonds. The summed E-state index contributed by atoms with van der Waals surface area (Å²) in [6.45, 7) is 2.85. The first-order chi connectivity index (χ1) is 10.6. The fourth-order valence-corrected chi connectivity index (χ4v) is 2.25. The quantitative estimate of drug-likeness (QED) is 0.637. The van der Waals surface area contributed by atoms with Crippen LogP contribution in [-0.4, -0.2) is 21.9 Å². The zero-order valence-electron chi connectivity index (χ0n) is 12.6. The zero-order valence-corrected chi connectivity index (χ0v) is 12.6. The monoisotopic (exact) mass is 330 g/mol. The number of ether oxygens (including phenoxy) is 1. The Morgan fingerprint density at radius 3 is 2.43 bits per heavy atom. The molecule has 1 heterocycles. The summed E-state index contributed by atoms with van der Waals surface area (Å²) in [5.41, 5.74) is -0.167. The van der Waals surface area contributed by atoms with Gasteiger partial charge in [0.25, 0.3) is 0 Å². The molecule has 0 aliphatic rings. The summed E-state index contributed by atoms with van der Waals surface area (Å²) in [7, 11) is 1.49. The van der Waals surface area contributed by atoms with Crippen molar-refractivity contribution in [2.45, 2.75) is 26.1 Å². The fraction of sp³-hybridized carbons (Fsp3) is 0.333. The molecule has 0 saturated carbocycles. The number of hydrogen-bond acceptors (Lipinski definition) is 3. The Balaban J connectivity index is 2.39. The van der Waals surface area contributed by atoms with E-state index in [1.54, 1.807) is 0 Å². The normalized spacial score (nSPS) is 13.0. The molecule has 0 unspecified atom stereocenters. The number of aromatic nitrogens is 2. The summed E-state index contributed by atoms with van der Waals surface area (Å²) in [5, 5.41) is 3.90. The van der Waals surface area contributed by atoms with Gasteiger partial charge in [0.15, 0.2) is 0 Å². The van der Waals surface area contributed by atoms with Gasteiger partial charge in [-0.25, -0.2) is 9.18 Å². The number of hydrogen-bond donors (Lipinski definition) is 0. The number of nitrogens with zero attached hydrogens (tertiary/aromatic N) is 2. The van der Waals surface area contributed by atoms with E-state index in [0.29, 0.717) is 0 Å². The van der Waals surface area contributed by atoms with Gasteiger partial charge in [0.1, 0.15) is 5.82 Å². The molecule has 8 heteroatoms. The van der Waals surface area contributed by atoms with Gasteiger partial charge in [0.05, 0.1) is 11.3 Å². The van der Waals surface area contributed by atoms with Crippen molar-refractivity contribution >= 4 is 5.97 Å². The third-order valence-corrected chi connectivity index (χ3v) is 3.41. The molecule has 0 aliphatic heterocycles. The third kappa shape index (κ3) is 3.52. The predicted molar refractivity (Wildman–Crippen MR) is 73.3 cm³/mol. The molecule has 0 bridgehead atoms. The van der Waals surface area contributed by atoms with Crippen LogP contribution in [-0.2, 0) is 11.8 Å². The van der Waals surface area contributed by atoms with Gasteiger partial charge in [-0.3, -0.25) is 4.68 Å². The number of benzene rings is 1. The lowest BCUT2D eigenvalue weighted by molar-refractivity contribution is -0.207. The van der Waals surface area contributed by atoms with E-state index in [2.05, 4.69) is 9.84 Å². The highest BCUT2D eigenvalue weighted by atomic mass is 19.4. The summed E-state index contributed by atoms with van der Waals surface area (Å²) in [4.78, 5) is 11.9. The predicted octanol–water partition coefficient (Wildman–Crippen LogP) is 3.64. The third-order valence-electron chi connectivity index (χ3n) is 3.41. The lowest BCUT2D eigenvalue weighted by atomic mass is 10.1. The number of rotatable bonds is 3. The maximum Gasteiger partial charge on any atom is 0.430 e. The highest BCUT2D eigenvalue weighted by molar-refractivity contribution is 5.89. The van der Waals surface area contributed by atoms with E-state index in [4.69, 9.17) is 0 Å². The Labute approximate surface area is 129 Å². The topological polar surface area (TPSA) is 44.1 Å². The van der Waals surface area contributed by atoms with E-state index in [9.17, 15) is 22.4 Å². The molecule has 0 fully saturated rings. The minimum absolute atomic E-state index is 0.111. The molecule has 1 aromatic carbocycles. The van der Waals surface area contributed by atoms with Gasteiger partial charge in [-0.05, 0) is 32.0 Å². The van der Waals surface area contributed by atoms with Crippen LogP contribution in [0.4, 0.5) is 17.6 Å². The van der Waals surface area contributed by atoms with Crippen LogP contribution >= 0.6 is 0 Å². The number of esters is 1. The summed E-state index contributed by atoms with van der Waals surface area (Å²) in [5.74, 6) is -1.99. The van der Waals surface area contributed by atoms with Crippen LogP contribution in [0.1, 0.15) is 33.4 Å². The van der Waals surface area contributed by atoms with Crippen LogP contribution in [0.25, 0.3) is 0 Å². The van der Waals surface area contributed by atoms with Crippen molar-refractivity contribution in [3.8, 4) is 0 Å². The van der Waals surface area contributed by atoms with Gasteiger partial charge < -0.3 is 4.74 Å². The number of carbonyl (C=O) groups is 1. The SMILES string of the molecule is Cc1nn(C)c(C)c1[C@@H](OC(=O)c1cccc(F)c1)C(F)(F)F. The summed E-state index contributed by atoms with van der Waals surface area (Å²) < 4.78 is 59.0.